The zero-order chi connectivity index (χ0) is 29.6. The van der Waals surface area contributed by atoms with E-state index in [0.717, 1.165) is 44.5 Å². The smallest absolute Gasteiger partial charge is 0.271 e. The van der Waals surface area contributed by atoms with Gasteiger partial charge in [-0.2, -0.15) is 10.4 Å². The molecule has 1 aromatic heterocycles. The van der Waals surface area contributed by atoms with Crippen LogP contribution in [0.25, 0.3) is 27.7 Å². The highest BCUT2D eigenvalue weighted by Crippen LogP contribution is 2.28. The van der Waals surface area contributed by atoms with Crippen molar-refractivity contribution in [3.8, 4) is 28.8 Å². The molecule has 1 amide bonds. The number of aryl methyl sites for hydroxylation is 1. The van der Waals surface area contributed by atoms with E-state index in [-0.39, 0.29) is 12.5 Å². The molecule has 6 rings (SSSR count). The molecular formula is C37H28N4O2. The van der Waals surface area contributed by atoms with Crippen LogP contribution in [-0.2, 0) is 6.61 Å². The largest absolute Gasteiger partial charge is 0.488 e. The van der Waals surface area contributed by atoms with Gasteiger partial charge in [0.15, 0.2) is 0 Å². The van der Waals surface area contributed by atoms with Crippen LogP contribution in [0.3, 0.4) is 0 Å². The molecule has 0 saturated carbocycles. The second kappa shape index (κ2) is 12.3. The first-order chi connectivity index (χ1) is 21.1. The third kappa shape index (κ3) is 5.79. The number of hydrogen-bond acceptors (Lipinski definition) is 4. The maximum Gasteiger partial charge on any atom is 0.271 e. The second-order valence-electron chi connectivity index (χ2n) is 10.1. The highest BCUT2D eigenvalue weighted by atomic mass is 16.5. The van der Waals surface area contributed by atoms with Gasteiger partial charge in [0.1, 0.15) is 12.4 Å². The fourth-order valence-electron chi connectivity index (χ4n) is 5.14. The summed E-state index contributed by atoms with van der Waals surface area (Å²) in [6.45, 7) is 2.30. The number of carbonyl (C=O) groups excluding carboxylic acids is 1. The van der Waals surface area contributed by atoms with Crippen LogP contribution >= 0.6 is 0 Å². The van der Waals surface area contributed by atoms with Crippen LogP contribution in [0, 0.1) is 18.3 Å². The Balaban J connectivity index is 1.21. The fourth-order valence-corrected chi connectivity index (χ4v) is 5.14. The molecule has 0 aliphatic heterocycles. The van der Waals surface area contributed by atoms with E-state index in [1.165, 1.54) is 0 Å². The van der Waals surface area contributed by atoms with Gasteiger partial charge >= 0.3 is 0 Å². The van der Waals surface area contributed by atoms with Gasteiger partial charge in [-0.15, -0.1) is 0 Å². The van der Waals surface area contributed by atoms with Crippen molar-refractivity contribution in [2.45, 2.75) is 13.5 Å². The number of carbonyl (C=O) groups is 1. The summed E-state index contributed by atoms with van der Waals surface area (Å²) in [6.07, 6.45) is 1.61. The van der Waals surface area contributed by atoms with E-state index < -0.39 is 0 Å². The molecule has 0 spiro atoms. The summed E-state index contributed by atoms with van der Waals surface area (Å²) in [4.78, 5) is 13.0. The number of amides is 1. The minimum atomic E-state index is -0.319. The molecule has 0 aliphatic carbocycles. The number of nitrogens with zero attached hydrogens (tertiary/aromatic N) is 3. The highest BCUT2D eigenvalue weighted by Gasteiger charge is 2.12. The second-order valence-corrected chi connectivity index (χ2v) is 10.1. The molecule has 0 fully saturated rings. The summed E-state index contributed by atoms with van der Waals surface area (Å²) in [5.74, 6) is 0.283. The number of benzene rings is 5. The molecule has 0 radical (unpaired) electrons. The molecule has 0 bridgehead atoms. The van der Waals surface area contributed by atoms with Crippen molar-refractivity contribution in [3.05, 3.63) is 155 Å². The molecule has 1 heterocycles. The number of aromatic nitrogens is 1. The van der Waals surface area contributed by atoms with Gasteiger partial charge in [0.05, 0.1) is 23.5 Å². The van der Waals surface area contributed by atoms with Gasteiger partial charge in [-0.25, -0.2) is 5.43 Å². The Labute approximate surface area is 250 Å². The topological polar surface area (TPSA) is 79.4 Å². The number of nitrogens with one attached hydrogen (secondary N) is 1. The summed E-state index contributed by atoms with van der Waals surface area (Å²) in [6, 6.07) is 43.2. The summed E-state index contributed by atoms with van der Waals surface area (Å²) < 4.78 is 8.33. The Bertz CT molecular complexity index is 1980. The van der Waals surface area contributed by atoms with Crippen LogP contribution in [0.15, 0.2) is 132 Å². The number of nitriles is 1. The highest BCUT2D eigenvalue weighted by molar-refractivity contribution is 6.03. The van der Waals surface area contributed by atoms with Crippen molar-refractivity contribution in [1.29, 1.82) is 5.26 Å². The number of fused-ring (bicyclic) bond motifs is 1. The zero-order valence-corrected chi connectivity index (χ0v) is 23.6. The van der Waals surface area contributed by atoms with E-state index in [1.807, 2.05) is 84.9 Å². The summed E-state index contributed by atoms with van der Waals surface area (Å²) >= 11 is 0. The predicted molar refractivity (Wildman–Crippen MR) is 170 cm³/mol. The van der Waals surface area contributed by atoms with Crippen LogP contribution in [-0.4, -0.2) is 16.7 Å². The number of hydrogen-bond donors (Lipinski definition) is 1. The van der Waals surface area contributed by atoms with Crippen LogP contribution in [0.2, 0.25) is 0 Å². The van der Waals surface area contributed by atoms with E-state index in [2.05, 4.69) is 52.4 Å². The zero-order valence-electron chi connectivity index (χ0n) is 23.6. The van der Waals surface area contributed by atoms with Gasteiger partial charge < -0.3 is 9.30 Å². The van der Waals surface area contributed by atoms with Crippen molar-refractivity contribution in [1.82, 2.24) is 9.99 Å². The molecule has 0 aliphatic rings. The number of rotatable bonds is 8. The van der Waals surface area contributed by atoms with Crippen LogP contribution in [0.4, 0.5) is 0 Å². The first-order valence-electron chi connectivity index (χ1n) is 13.9. The van der Waals surface area contributed by atoms with E-state index in [4.69, 9.17) is 4.74 Å². The van der Waals surface area contributed by atoms with E-state index in [1.54, 1.807) is 24.4 Å². The first kappa shape index (κ1) is 27.3. The Morgan fingerprint density at radius 1 is 0.860 bits per heavy atom. The fraction of sp³-hybridized carbons (Fsp3) is 0.0541. The molecule has 0 saturated heterocycles. The van der Waals surface area contributed by atoms with Crippen LogP contribution in [0.1, 0.15) is 32.7 Å². The predicted octanol–water partition coefficient (Wildman–Crippen LogP) is 7.82. The van der Waals surface area contributed by atoms with Crippen molar-refractivity contribution in [2.24, 2.45) is 5.10 Å². The van der Waals surface area contributed by atoms with Gasteiger partial charge in [-0.3, -0.25) is 4.79 Å². The maximum atomic E-state index is 13.0. The van der Waals surface area contributed by atoms with E-state index in [9.17, 15) is 10.1 Å². The van der Waals surface area contributed by atoms with Gasteiger partial charge in [-0.05, 0) is 71.8 Å². The molecule has 6 heteroatoms. The average Bonchev–Trinajstić information content (AvgIpc) is 3.45. The lowest BCUT2D eigenvalue weighted by atomic mass is 10.0. The summed E-state index contributed by atoms with van der Waals surface area (Å²) in [5, 5.41) is 15.7. The van der Waals surface area contributed by atoms with Gasteiger partial charge in [0, 0.05) is 28.1 Å². The molecule has 1 N–H and O–H groups in total. The van der Waals surface area contributed by atoms with Gasteiger partial charge in [0.25, 0.3) is 5.91 Å². The Kier molecular flexibility index (Phi) is 7.79. The third-order valence-electron chi connectivity index (χ3n) is 7.34. The molecule has 6 aromatic rings. The summed E-state index contributed by atoms with van der Waals surface area (Å²) in [7, 11) is 0. The molecule has 208 valence electrons. The van der Waals surface area contributed by atoms with Gasteiger partial charge in [-0.1, -0.05) is 78.9 Å². The monoisotopic (exact) mass is 560 g/mol. The number of ether oxygens (including phenoxy) is 1. The molecule has 0 atom stereocenters. The van der Waals surface area contributed by atoms with Crippen LogP contribution < -0.4 is 10.2 Å². The lowest BCUT2D eigenvalue weighted by Gasteiger charge is -2.13. The Hall–Kier alpha value is -5.93. The first-order valence-corrected chi connectivity index (χ1v) is 13.9. The molecular weight excluding hydrogens is 532 g/mol. The molecule has 43 heavy (non-hydrogen) atoms. The minimum Gasteiger partial charge on any atom is -0.488 e. The lowest BCUT2D eigenvalue weighted by molar-refractivity contribution is 0.0955. The maximum absolute atomic E-state index is 13.0. The Morgan fingerprint density at radius 3 is 2.42 bits per heavy atom. The molecule has 0 unspecified atom stereocenters. The quantitative estimate of drug-likeness (QED) is 0.152. The lowest BCUT2D eigenvalue weighted by Crippen LogP contribution is -2.17. The third-order valence-corrected chi connectivity index (χ3v) is 7.34. The standard InChI is InChI=1S/C37H28N4O2/c1-26-15-21-35(28-10-3-2-4-11-28)41(26)32-19-16-29(17-20-32)37(42)40-39-24-34-33-14-8-7-9-27(33)18-22-36(34)43-25-31-13-6-5-12-30(31)23-38/h2-22,24H,25H2,1H3,(H,40,42)/b39-24+. The molecule has 6 nitrogen and oxygen atoms in total. The van der Waals surface area contributed by atoms with Crippen molar-refractivity contribution in [3.63, 3.8) is 0 Å². The van der Waals surface area contributed by atoms with Gasteiger partial charge in [0.2, 0.25) is 0 Å². The molecule has 5 aromatic carbocycles. The Morgan fingerprint density at radius 2 is 1.60 bits per heavy atom. The van der Waals surface area contributed by atoms with Crippen molar-refractivity contribution >= 4 is 22.9 Å². The average molecular weight is 561 g/mol. The SMILES string of the molecule is Cc1ccc(-c2ccccc2)n1-c1ccc(C(=O)N/N=C/c2c(OCc3ccccc3C#N)ccc3ccccc23)cc1. The summed E-state index contributed by atoms with van der Waals surface area (Å²) in [5.41, 5.74) is 9.54. The van der Waals surface area contributed by atoms with Crippen LogP contribution in [0.5, 0.6) is 5.75 Å². The van der Waals surface area contributed by atoms with E-state index in [0.29, 0.717) is 16.9 Å². The van der Waals surface area contributed by atoms with Crippen molar-refractivity contribution < 1.29 is 9.53 Å². The normalized spacial score (nSPS) is 11.0. The number of hydrazone groups is 1. The minimum absolute atomic E-state index is 0.231. The van der Waals surface area contributed by atoms with E-state index >= 15 is 0 Å². The van der Waals surface area contributed by atoms with Crippen molar-refractivity contribution in [2.75, 3.05) is 0 Å².